The molecule has 0 aliphatic rings. The van der Waals surface area contributed by atoms with Crippen molar-refractivity contribution in [1.82, 2.24) is 9.55 Å². The van der Waals surface area contributed by atoms with Gasteiger partial charge in [-0.3, -0.25) is 14.2 Å². The Labute approximate surface area is 194 Å². The van der Waals surface area contributed by atoms with Crippen LogP contribution in [-0.2, 0) is 9.53 Å². The number of hydrogen-bond acceptors (Lipinski definition) is 6. The van der Waals surface area contributed by atoms with Crippen molar-refractivity contribution in [2.45, 2.75) is 12.1 Å². The molecule has 1 N–H and O–H groups in total. The molecule has 0 spiro atoms. The molecule has 1 aromatic heterocycles. The van der Waals surface area contributed by atoms with Crippen LogP contribution < -0.4 is 10.9 Å². The van der Waals surface area contributed by atoms with E-state index in [1.165, 1.54) is 18.9 Å². The smallest absolute Gasteiger partial charge is 0.337 e. The number of benzene rings is 3. The third kappa shape index (κ3) is 4.80. The molecule has 0 atom stereocenters. The number of esters is 1. The number of anilines is 1. The number of thioether (sulfide) groups is 1. The number of hydrogen-bond donors (Lipinski definition) is 1. The van der Waals surface area contributed by atoms with Crippen molar-refractivity contribution < 1.29 is 14.3 Å². The van der Waals surface area contributed by atoms with Crippen molar-refractivity contribution in [3.05, 3.63) is 94.3 Å². The number of carbonyl (C=O) groups is 2. The van der Waals surface area contributed by atoms with Gasteiger partial charge in [0.25, 0.3) is 5.56 Å². The Balaban J connectivity index is 1.60. The number of para-hydroxylation sites is 2. The molecular formula is C25H21N3O4S. The molecule has 0 unspecified atom stereocenters. The fourth-order valence-electron chi connectivity index (χ4n) is 3.37. The summed E-state index contributed by atoms with van der Waals surface area (Å²) < 4.78 is 6.23. The molecule has 0 aliphatic carbocycles. The topological polar surface area (TPSA) is 90.3 Å². The third-order valence-electron chi connectivity index (χ3n) is 5.02. The SMILES string of the molecule is COC(=O)c1ccc(NC(=O)CSc2nc3ccccc3c(=O)n2-c2ccccc2C)cc1. The number of ether oxygens (including phenoxy) is 1. The molecule has 3 aromatic carbocycles. The van der Waals surface area contributed by atoms with E-state index < -0.39 is 5.97 Å². The average Bonchev–Trinajstić information content (AvgIpc) is 2.83. The van der Waals surface area contributed by atoms with E-state index in [-0.39, 0.29) is 17.2 Å². The molecule has 0 fully saturated rings. The normalized spacial score (nSPS) is 10.7. The Hall–Kier alpha value is -3.91. The second-order valence-electron chi connectivity index (χ2n) is 7.24. The molecule has 0 aliphatic heterocycles. The molecule has 7 nitrogen and oxygen atoms in total. The Bertz CT molecular complexity index is 1400. The Morgan fingerprint density at radius 2 is 1.70 bits per heavy atom. The van der Waals surface area contributed by atoms with Crippen LogP contribution in [-0.4, -0.2) is 34.3 Å². The van der Waals surface area contributed by atoms with Crippen LogP contribution in [0.4, 0.5) is 5.69 Å². The van der Waals surface area contributed by atoms with Crippen molar-refractivity contribution >= 4 is 40.2 Å². The summed E-state index contributed by atoms with van der Waals surface area (Å²) in [6.45, 7) is 1.93. The lowest BCUT2D eigenvalue weighted by molar-refractivity contribution is -0.113. The number of aromatic nitrogens is 2. The van der Waals surface area contributed by atoms with E-state index in [1.54, 1.807) is 47.0 Å². The summed E-state index contributed by atoms with van der Waals surface area (Å²) in [5, 5.41) is 3.74. The first-order chi connectivity index (χ1) is 16.0. The summed E-state index contributed by atoms with van der Waals surface area (Å²) in [5.41, 5.74) is 2.99. The predicted octanol–water partition coefficient (Wildman–Crippen LogP) is 4.21. The van der Waals surface area contributed by atoms with E-state index in [0.717, 1.165) is 11.3 Å². The minimum absolute atomic E-state index is 0.0510. The number of carbonyl (C=O) groups excluding carboxylic acids is 2. The van der Waals surface area contributed by atoms with Crippen LogP contribution in [0.3, 0.4) is 0 Å². The van der Waals surface area contributed by atoms with Gasteiger partial charge in [-0.2, -0.15) is 0 Å². The van der Waals surface area contributed by atoms with Gasteiger partial charge in [0.15, 0.2) is 5.16 Å². The van der Waals surface area contributed by atoms with E-state index >= 15 is 0 Å². The summed E-state index contributed by atoms with van der Waals surface area (Å²) in [6, 6.07) is 21.1. The molecule has 4 aromatic rings. The first kappa shape index (κ1) is 22.3. The van der Waals surface area contributed by atoms with E-state index in [1.807, 2.05) is 37.3 Å². The largest absolute Gasteiger partial charge is 0.465 e. The molecular weight excluding hydrogens is 438 g/mol. The second-order valence-corrected chi connectivity index (χ2v) is 8.19. The summed E-state index contributed by atoms with van der Waals surface area (Å²) in [7, 11) is 1.31. The maximum atomic E-state index is 13.3. The Morgan fingerprint density at radius 3 is 2.42 bits per heavy atom. The highest BCUT2D eigenvalue weighted by Crippen LogP contribution is 2.23. The van der Waals surface area contributed by atoms with Gasteiger partial charge in [-0.25, -0.2) is 9.78 Å². The fourth-order valence-corrected chi connectivity index (χ4v) is 4.18. The summed E-state index contributed by atoms with van der Waals surface area (Å²) >= 11 is 1.18. The maximum Gasteiger partial charge on any atom is 0.337 e. The van der Waals surface area contributed by atoms with Gasteiger partial charge in [-0.05, 0) is 55.0 Å². The molecule has 8 heteroatoms. The molecule has 33 heavy (non-hydrogen) atoms. The van der Waals surface area contributed by atoms with Gasteiger partial charge in [-0.1, -0.05) is 42.1 Å². The minimum Gasteiger partial charge on any atom is -0.465 e. The van der Waals surface area contributed by atoms with Gasteiger partial charge < -0.3 is 10.1 Å². The van der Waals surface area contributed by atoms with E-state index in [9.17, 15) is 14.4 Å². The molecule has 166 valence electrons. The van der Waals surface area contributed by atoms with Crippen LogP contribution >= 0.6 is 11.8 Å². The van der Waals surface area contributed by atoms with Crippen LogP contribution in [0.2, 0.25) is 0 Å². The maximum absolute atomic E-state index is 13.3. The number of nitrogens with zero attached hydrogens (tertiary/aromatic N) is 2. The number of nitrogens with one attached hydrogen (secondary N) is 1. The van der Waals surface area contributed by atoms with Crippen LogP contribution in [0.25, 0.3) is 16.6 Å². The van der Waals surface area contributed by atoms with Crippen LogP contribution in [0.1, 0.15) is 15.9 Å². The Kier molecular flexibility index (Phi) is 6.55. The van der Waals surface area contributed by atoms with Crippen LogP contribution in [0.15, 0.2) is 82.7 Å². The van der Waals surface area contributed by atoms with Gasteiger partial charge in [0.2, 0.25) is 5.91 Å². The van der Waals surface area contributed by atoms with E-state index in [2.05, 4.69) is 15.0 Å². The lowest BCUT2D eigenvalue weighted by atomic mass is 10.2. The summed E-state index contributed by atoms with van der Waals surface area (Å²) in [4.78, 5) is 42.1. The first-order valence-corrected chi connectivity index (χ1v) is 11.2. The molecule has 4 rings (SSSR count). The van der Waals surface area contributed by atoms with Crippen molar-refractivity contribution in [1.29, 1.82) is 0 Å². The van der Waals surface area contributed by atoms with Crippen molar-refractivity contribution in [3.8, 4) is 5.69 Å². The zero-order chi connectivity index (χ0) is 23.4. The number of amides is 1. The zero-order valence-electron chi connectivity index (χ0n) is 18.1. The van der Waals surface area contributed by atoms with Crippen molar-refractivity contribution in [3.63, 3.8) is 0 Å². The molecule has 0 radical (unpaired) electrons. The zero-order valence-corrected chi connectivity index (χ0v) is 18.9. The molecule has 0 bridgehead atoms. The number of aryl methyl sites for hydroxylation is 1. The second kappa shape index (κ2) is 9.70. The number of fused-ring (bicyclic) bond motifs is 1. The van der Waals surface area contributed by atoms with Gasteiger partial charge in [0, 0.05) is 5.69 Å². The van der Waals surface area contributed by atoms with Gasteiger partial charge in [0.1, 0.15) is 0 Å². The highest BCUT2D eigenvalue weighted by Gasteiger charge is 2.16. The standard InChI is InChI=1S/C25H21N3O4S/c1-16-7-3-6-10-21(16)28-23(30)19-8-4-5-9-20(19)27-25(28)33-15-22(29)26-18-13-11-17(12-14-18)24(31)32-2/h3-14H,15H2,1-2H3,(H,26,29). The fraction of sp³-hybridized carbons (Fsp3) is 0.120. The first-order valence-electron chi connectivity index (χ1n) is 10.2. The highest BCUT2D eigenvalue weighted by molar-refractivity contribution is 7.99. The Morgan fingerprint density at radius 1 is 1.00 bits per heavy atom. The van der Waals surface area contributed by atoms with Gasteiger partial charge in [-0.15, -0.1) is 0 Å². The van der Waals surface area contributed by atoms with E-state index in [4.69, 9.17) is 0 Å². The van der Waals surface area contributed by atoms with Gasteiger partial charge in [0.05, 0.1) is 35.0 Å². The minimum atomic E-state index is -0.444. The lowest BCUT2D eigenvalue weighted by Crippen LogP contribution is -2.23. The summed E-state index contributed by atoms with van der Waals surface area (Å²) in [6.07, 6.45) is 0. The molecule has 1 amide bonds. The average molecular weight is 460 g/mol. The third-order valence-corrected chi connectivity index (χ3v) is 5.96. The predicted molar refractivity (Wildman–Crippen MR) is 129 cm³/mol. The summed E-state index contributed by atoms with van der Waals surface area (Å²) in [5.74, 6) is -0.653. The van der Waals surface area contributed by atoms with Crippen LogP contribution in [0.5, 0.6) is 0 Å². The van der Waals surface area contributed by atoms with Crippen molar-refractivity contribution in [2.24, 2.45) is 0 Å². The van der Waals surface area contributed by atoms with E-state index in [0.29, 0.717) is 27.3 Å². The van der Waals surface area contributed by atoms with Crippen LogP contribution in [0, 0.1) is 6.92 Å². The number of methoxy groups -OCH3 is 1. The van der Waals surface area contributed by atoms with Crippen molar-refractivity contribution in [2.75, 3.05) is 18.2 Å². The molecule has 1 heterocycles. The molecule has 0 saturated carbocycles. The van der Waals surface area contributed by atoms with Gasteiger partial charge >= 0.3 is 5.97 Å². The highest BCUT2D eigenvalue weighted by atomic mass is 32.2. The molecule has 0 saturated heterocycles. The number of rotatable bonds is 6. The lowest BCUT2D eigenvalue weighted by Gasteiger charge is -2.15. The monoisotopic (exact) mass is 459 g/mol. The quantitative estimate of drug-likeness (QED) is 0.264.